The highest BCUT2D eigenvalue weighted by atomic mass is 16.6. The van der Waals surface area contributed by atoms with Crippen molar-refractivity contribution in [3.63, 3.8) is 0 Å². The maximum absolute atomic E-state index is 12.4. The monoisotopic (exact) mass is 449 g/mol. The van der Waals surface area contributed by atoms with Crippen LogP contribution in [0.1, 0.15) is 58.1 Å². The van der Waals surface area contributed by atoms with Crippen LogP contribution in [0.3, 0.4) is 0 Å². The van der Waals surface area contributed by atoms with E-state index in [-0.39, 0.29) is 25.4 Å². The fourth-order valence-corrected chi connectivity index (χ4v) is 4.09. The van der Waals surface area contributed by atoms with Gasteiger partial charge in [0.1, 0.15) is 11.8 Å². The summed E-state index contributed by atoms with van der Waals surface area (Å²) in [5.74, 6) is 0.714. The first-order valence-corrected chi connectivity index (χ1v) is 11.3. The Hall–Kier alpha value is -3.42. The van der Waals surface area contributed by atoms with Crippen molar-refractivity contribution in [1.29, 1.82) is 0 Å². The number of hydrogen-bond acceptors (Lipinski definition) is 5. The summed E-state index contributed by atoms with van der Waals surface area (Å²) in [7, 11) is 0. The second-order valence-electron chi connectivity index (χ2n) is 8.72. The van der Waals surface area contributed by atoms with Gasteiger partial charge in [0.2, 0.25) is 5.91 Å². The Kier molecular flexibility index (Phi) is 6.62. The highest BCUT2D eigenvalue weighted by Crippen LogP contribution is 2.30. The molecule has 8 nitrogen and oxygen atoms in total. The van der Waals surface area contributed by atoms with Gasteiger partial charge in [0, 0.05) is 29.4 Å². The molecule has 2 aliphatic carbocycles. The summed E-state index contributed by atoms with van der Waals surface area (Å²) in [6, 6.07) is 5.75. The molecule has 2 amide bonds. The van der Waals surface area contributed by atoms with E-state index in [9.17, 15) is 9.59 Å². The van der Waals surface area contributed by atoms with Gasteiger partial charge in [-0.1, -0.05) is 13.8 Å². The molecule has 0 aliphatic heterocycles. The number of carbonyl (C=O) groups excluding carboxylic acids is 2. The molecule has 8 heteroatoms. The van der Waals surface area contributed by atoms with Crippen LogP contribution in [-0.2, 0) is 9.53 Å². The summed E-state index contributed by atoms with van der Waals surface area (Å²) in [6.45, 7) is 1.86. The maximum Gasteiger partial charge on any atom is 0.411 e. The van der Waals surface area contributed by atoms with Crippen molar-refractivity contribution < 1.29 is 14.3 Å². The van der Waals surface area contributed by atoms with Gasteiger partial charge in [-0.25, -0.2) is 9.78 Å². The molecule has 0 bridgehead atoms. The number of anilines is 2. The van der Waals surface area contributed by atoms with Crippen LogP contribution in [0, 0.1) is 12.8 Å². The highest BCUT2D eigenvalue weighted by Gasteiger charge is 2.30. The molecular weight excluding hydrogens is 418 g/mol. The Labute approximate surface area is 193 Å². The number of hydrogen-bond donors (Lipinski definition) is 2. The molecule has 0 atom stereocenters. The van der Waals surface area contributed by atoms with E-state index in [0.29, 0.717) is 11.5 Å². The highest BCUT2D eigenvalue weighted by molar-refractivity contribution is 5.93. The van der Waals surface area contributed by atoms with Gasteiger partial charge >= 0.3 is 6.09 Å². The average molecular weight is 450 g/mol. The molecule has 3 aromatic rings. The number of carbonyl (C=O) groups is 2. The van der Waals surface area contributed by atoms with E-state index >= 15 is 0 Å². The zero-order chi connectivity index (χ0) is 22.1. The minimum Gasteiger partial charge on any atom is -0.446 e. The summed E-state index contributed by atoms with van der Waals surface area (Å²) in [6.07, 6.45) is 12.3. The fraction of sp³-hybridized carbons (Fsp3) is 0.440. The third-order valence-corrected chi connectivity index (χ3v) is 6.13. The lowest BCUT2D eigenvalue weighted by Crippen LogP contribution is -2.24. The number of fused-ring (bicyclic) bond motifs is 1. The van der Waals surface area contributed by atoms with E-state index in [1.54, 1.807) is 12.4 Å². The van der Waals surface area contributed by atoms with E-state index in [1.807, 2.05) is 35.7 Å². The molecule has 5 rings (SSSR count). The number of aromatic nitrogens is 3. The van der Waals surface area contributed by atoms with Gasteiger partial charge in [0.05, 0.1) is 17.6 Å². The van der Waals surface area contributed by atoms with Crippen molar-refractivity contribution in [2.24, 2.45) is 5.92 Å². The van der Waals surface area contributed by atoms with Crippen molar-refractivity contribution in [3.8, 4) is 11.1 Å². The minimum atomic E-state index is -0.431. The molecule has 0 radical (unpaired) electrons. The summed E-state index contributed by atoms with van der Waals surface area (Å²) in [5, 5.41) is 5.74. The van der Waals surface area contributed by atoms with Gasteiger partial charge in [-0.2, -0.15) is 0 Å². The van der Waals surface area contributed by atoms with Crippen molar-refractivity contribution in [2.45, 2.75) is 65.4 Å². The van der Waals surface area contributed by atoms with E-state index in [2.05, 4.69) is 20.6 Å². The number of imidazole rings is 1. The number of amides is 2. The molecule has 2 N–H and O–H groups in total. The van der Waals surface area contributed by atoms with Crippen LogP contribution in [0.5, 0.6) is 0 Å². The van der Waals surface area contributed by atoms with Crippen LogP contribution in [0.15, 0.2) is 36.8 Å². The normalized spacial score (nSPS) is 16.2. The number of aryl methyl sites for hydroxylation is 1. The van der Waals surface area contributed by atoms with Gasteiger partial charge in [0.15, 0.2) is 5.82 Å². The first-order chi connectivity index (χ1) is 15.5. The first-order valence-electron chi connectivity index (χ1n) is 11.3. The molecule has 0 saturated heterocycles. The Bertz CT molecular complexity index is 1160. The third-order valence-electron chi connectivity index (χ3n) is 6.13. The minimum absolute atomic E-state index is 0. The Morgan fingerprint density at radius 2 is 1.82 bits per heavy atom. The molecule has 0 spiro atoms. The first kappa shape index (κ1) is 22.8. The summed E-state index contributed by atoms with van der Waals surface area (Å²) in [5.41, 5.74) is 3.89. The molecule has 2 fully saturated rings. The van der Waals surface area contributed by atoms with Gasteiger partial charge in [0.25, 0.3) is 0 Å². The predicted molar refractivity (Wildman–Crippen MR) is 128 cm³/mol. The second-order valence-corrected chi connectivity index (χ2v) is 8.72. The second kappa shape index (κ2) is 9.60. The smallest absolute Gasteiger partial charge is 0.411 e. The zero-order valence-corrected chi connectivity index (χ0v) is 18.1. The van der Waals surface area contributed by atoms with Crippen molar-refractivity contribution in [3.05, 3.63) is 42.5 Å². The molecule has 0 aromatic carbocycles. The zero-order valence-electron chi connectivity index (χ0n) is 18.1. The van der Waals surface area contributed by atoms with E-state index in [1.165, 1.54) is 6.42 Å². The number of nitrogens with one attached hydrogen (secondary N) is 2. The molecule has 3 aromatic heterocycles. The Morgan fingerprint density at radius 1 is 1.03 bits per heavy atom. The van der Waals surface area contributed by atoms with Gasteiger partial charge < -0.3 is 14.5 Å². The number of rotatable bonds is 5. The van der Waals surface area contributed by atoms with Gasteiger partial charge in [-0.15, -0.1) is 0 Å². The van der Waals surface area contributed by atoms with Crippen LogP contribution in [-0.4, -0.2) is 32.5 Å². The van der Waals surface area contributed by atoms with Crippen LogP contribution in [0.4, 0.5) is 16.3 Å². The lowest BCUT2D eigenvalue weighted by molar-refractivity contribution is -0.117. The summed E-state index contributed by atoms with van der Waals surface area (Å²) in [4.78, 5) is 33.3. The van der Waals surface area contributed by atoms with Gasteiger partial charge in [-0.05, 0) is 63.6 Å². The molecular formula is C25H31N5O3. The van der Waals surface area contributed by atoms with Crippen LogP contribution in [0.25, 0.3) is 16.8 Å². The SMILES string of the molecule is C.Cc1ncc(-c2ccc3nc(NC(=O)C4CC4)cn3c2)cc1NC(=O)OC1CCCCC1. The summed E-state index contributed by atoms with van der Waals surface area (Å²) >= 11 is 0. The largest absolute Gasteiger partial charge is 0.446 e. The molecule has 3 heterocycles. The molecule has 174 valence electrons. The maximum atomic E-state index is 12.4. The van der Waals surface area contributed by atoms with Crippen LogP contribution in [0.2, 0.25) is 0 Å². The van der Waals surface area contributed by atoms with E-state index < -0.39 is 6.09 Å². The summed E-state index contributed by atoms with van der Waals surface area (Å²) < 4.78 is 7.46. The van der Waals surface area contributed by atoms with Crippen molar-refractivity contribution in [1.82, 2.24) is 14.4 Å². The lowest BCUT2D eigenvalue weighted by Gasteiger charge is -2.22. The topological polar surface area (TPSA) is 97.6 Å². The Balaban J connectivity index is 0.00000259. The number of ether oxygens (including phenoxy) is 1. The van der Waals surface area contributed by atoms with Crippen molar-refractivity contribution >= 4 is 29.2 Å². The quantitative estimate of drug-likeness (QED) is 0.531. The molecule has 33 heavy (non-hydrogen) atoms. The molecule has 2 saturated carbocycles. The average Bonchev–Trinajstić information content (AvgIpc) is 3.56. The third kappa shape index (κ3) is 5.32. The predicted octanol–water partition coefficient (Wildman–Crippen LogP) is 5.57. The lowest BCUT2D eigenvalue weighted by atomic mass is 9.98. The number of nitrogens with zero attached hydrogens (tertiary/aromatic N) is 3. The fourth-order valence-electron chi connectivity index (χ4n) is 4.09. The number of pyridine rings is 2. The molecule has 2 aliphatic rings. The van der Waals surface area contributed by atoms with E-state index in [4.69, 9.17) is 4.74 Å². The van der Waals surface area contributed by atoms with E-state index in [0.717, 1.165) is 61.0 Å². The van der Waals surface area contributed by atoms with Crippen LogP contribution < -0.4 is 10.6 Å². The standard InChI is InChI=1S/C24H27N5O3.CH4/c1-15-20(26-24(31)32-19-5-3-2-4-6-19)11-18(12-25-15)17-9-10-22-27-21(14-29(22)13-17)28-23(30)16-7-8-16;/h9-14,16,19H,2-8H2,1H3,(H,26,31)(H,28,30);1H4. The van der Waals surface area contributed by atoms with Crippen LogP contribution >= 0.6 is 0 Å². The molecule has 0 unspecified atom stereocenters. The van der Waals surface area contributed by atoms with Crippen molar-refractivity contribution in [2.75, 3.05) is 10.6 Å². The Morgan fingerprint density at radius 3 is 2.58 bits per heavy atom. The van der Waals surface area contributed by atoms with Gasteiger partial charge in [-0.3, -0.25) is 15.1 Å².